The zero-order valence-electron chi connectivity index (χ0n) is 14.9. The first-order chi connectivity index (χ1) is 12.7. The summed E-state index contributed by atoms with van der Waals surface area (Å²) in [5, 5.41) is 6.26. The van der Waals surface area contributed by atoms with Gasteiger partial charge in [-0.3, -0.25) is 10.5 Å². The van der Waals surface area contributed by atoms with Crippen molar-refractivity contribution in [2.24, 2.45) is 16.8 Å². The summed E-state index contributed by atoms with van der Waals surface area (Å²) in [5.41, 5.74) is 10.1. The highest BCUT2D eigenvalue weighted by Crippen LogP contribution is 2.34. The number of carbonyl (C=O) groups is 1. The van der Waals surface area contributed by atoms with Gasteiger partial charge in [0.15, 0.2) is 0 Å². The molecule has 1 amide bonds. The van der Waals surface area contributed by atoms with Gasteiger partial charge in [-0.1, -0.05) is 31.2 Å². The van der Waals surface area contributed by atoms with Crippen LogP contribution in [0.2, 0.25) is 0 Å². The standard InChI is InChI=1S/C21H23N3O2/c1-2-19(22)26-17-11-9-16(10-12-17)24-20(25)13-15-8-7-14-5-3-4-6-18(14)21(15)23-24/h3-6,9-12,15,19H,2,7-8,13,22H2,1H3. The minimum absolute atomic E-state index is 0.0389. The van der Waals surface area contributed by atoms with Crippen molar-refractivity contribution in [2.75, 3.05) is 5.01 Å². The largest absolute Gasteiger partial charge is 0.476 e. The van der Waals surface area contributed by atoms with Gasteiger partial charge in [0, 0.05) is 17.9 Å². The Labute approximate surface area is 153 Å². The summed E-state index contributed by atoms with van der Waals surface area (Å²) in [4.78, 5) is 12.6. The Morgan fingerprint density at radius 2 is 2.00 bits per heavy atom. The molecule has 5 heteroatoms. The number of nitrogens with two attached hydrogens (primary N) is 1. The predicted molar refractivity (Wildman–Crippen MR) is 102 cm³/mol. The average molecular weight is 349 g/mol. The van der Waals surface area contributed by atoms with Gasteiger partial charge in [-0.15, -0.1) is 0 Å². The highest BCUT2D eigenvalue weighted by Gasteiger charge is 2.34. The van der Waals surface area contributed by atoms with Gasteiger partial charge in [-0.05, 0) is 49.1 Å². The molecular weight excluding hydrogens is 326 g/mol. The zero-order valence-corrected chi connectivity index (χ0v) is 14.9. The molecule has 2 N–H and O–H groups in total. The molecule has 0 radical (unpaired) electrons. The third-order valence-corrected chi connectivity index (χ3v) is 5.08. The van der Waals surface area contributed by atoms with Crippen LogP contribution < -0.4 is 15.5 Å². The van der Waals surface area contributed by atoms with Crippen molar-refractivity contribution in [3.63, 3.8) is 0 Å². The van der Waals surface area contributed by atoms with Crippen LogP contribution in [-0.2, 0) is 11.2 Å². The number of rotatable bonds is 4. The molecule has 1 heterocycles. The van der Waals surface area contributed by atoms with E-state index < -0.39 is 0 Å². The molecule has 0 aromatic heterocycles. The van der Waals surface area contributed by atoms with Gasteiger partial charge in [0.2, 0.25) is 5.91 Å². The number of carbonyl (C=O) groups excluding carboxylic acids is 1. The Hall–Kier alpha value is -2.66. The lowest BCUT2D eigenvalue weighted by Gasteiger charge is -2.33. The fourth-order valence-electron chi connectivity index (χ4n) is 3.60. The minimum atomic E-state index is -0.322. The van der Waals surface area contributed by atoms with E-state index in [-0.39, 0.29) is 18.1 Å². The summed E-state index contributed by atoms with van der Waals surface area (Å²) in [6.07, 6.45) is 2.91. The van der Waals surface area contributed by atoms with Crippen LogP contribution in [0.4, 0.5) is 5.69 Å². The van der Waals surface area contributed by atoms with Gasteiger partial charge < -0.3 is 4.74 Å². The topological polar surface area (TPSA) is 67.9 Å². The number of amides is 1. The molecule has 2 unspecified atom stereocenters. The van der Waals surface area contributed by atoms with Crippen LogP contribution >= 0.6 is 0 Å². The lowest BCUT2D eigenvalue weighted by Crippen LogP contribution is -2.39. The molecule has 0 spiro atoms. The molecule has 5 nitrogen and oxygen atoms in total. The molecule has 0 fully saturated rings. The maximum Gasteiger partial charge on any atom is 0.248 e. The molecule has 26 heavy (non-hydrogen) atoms. The summed E-state index contributed by atoms with van der Waals surface area (Å²) in [5.74, 6) is 0.956. The van der Waals surface area contributed by atoms with Crippen molar-refractivity contribution in [3.8, 4) is 5.75 Å². The smallest absolute Gasteiger partial charge is 0.248 e. The van der Waals surface area contributed by atoms with Crippen LogP contribution in [-0.4, -0.2) is 17.8 Å². The van der Waals surface area contributed by atoms with Crippen molar-refractivity contribution in [1.82, 2.24) is 0 Å². The second kappa shape index (κ2) is 6.92. The minimum Gasteiger partial charge on any atom is -0.476 e. The lowest BCUT2D eigenvalue weighted by molar-refractivity contribution is -0.119. The first-order valence-corrected chi connectivity index (χ1v) is 9.17. The third kappa shape index (κ3) is 3.10. The van der Waals surface area contributed by atoms with E-state index >= 15 is 0 Å². The maximum absolute atomic E-state index is 12.6. The van der Waals surface area contributed by atoms with Crippen LogP contribution in [0.3, 0.4) is 0 Å². The number of hydrogen-bond donors (Lipinski definition) is 1. The molecule has 0 saturated heterocycles. The van der Waals surface area contributed by atoms with Gasteiger partial charge in [0.1, 0.15) is 12.0 Å². The monoisotopic (exact) mass is 349 g/mol. The molecule has 2 atom stereocenters. The molecule has 4 rings (SSSR count). The molecule has 134 valence electrons. The highest BCUT2D eigenvalue weighted by molar-refractivity contribution is 6.11. The fraction of sp³-hybridized carbons (Fsp3) is 0.333. The highest BCUT2D eigenvalue weighted by atomic mass is 16.5. The zero-order chi connectivity index (χ0) is 18.1. The fourth-order valence-corrected chi connectivity index (χ4v) is 3.60. The number of anilines is 1. The Balaban J connectivity index is 1.64. The van der Waals surface area contributed by atoms with Crippen LogP contribution in [0.25, 0.3) is 0 Å². The van der Waals surface area contributed by atoms with Gasteiger partial charge in [0.05, 0.1) is 11.4 Å². The van der Waals surface area contributed by atoms with Crippen molar-refractivity contribution in [1.29, 1.82) is 0 Å². The molecule has 0 bridgehead atoms. The van der Waals surface area contributed by atoms with Crippen LogP contribution in [0.15, 0.2) is 53.6 Å². The summed E-state index contributed by atoms with van der Waals surface area (Å²) < 4.78 is 5.60. The van der Waals surface area contributed by atoms with Crippen molar-refractivity contribution >= 4 is 17.3 Å². The number of nitrogens with zero attached hydrogens (tertiary/aromatic N) is 2. The summed E-state index contributed by atoms with van der Waals surface area (Å²) in [6.45, 7) is 1.97. The number of hydrazone groups is 1. The molecule has 1 aliphatic carbocycles. The number of aryl methyl sites for hydroxylation is 1. The maximum atomic E-state index is 12.6. The molecule has 2 aliphatic rings. The van der Waals surface area contributed by atoms with Crippen molar-refractivity contribution < 1.29 is 9.53 Å². The Morgan fingerprint density at radius 3 is 2.77 bits per heavy atom. The molecule has 1 aliphatic heterocycles. The number of fused-ring (bicyclic) bond motifs is 3. The van der Waals surface area contributed by atoms with E-state index in [1.54, 1.807) is 0 Å². The van der Waals surface area contributed by atoms with E-state index in [0.29, 0.717) is 12.2 Å². The first-order valence-electron chi connectivity index (χ1n) is 9.17. The van der Waals surface area contributed by atoms with E-state index in [4.69, 9.17) is 15.6 Å². The van der Waals surface area contributed by atoms with Crippen LogP contribution in [0, 0.1) is 5.92 Å². The molecule has 2 aromatic rings. The quantitative estimate of drug-likeness (QED) is 0.860. The van der Waals surface area contributed by atoms with Crippen LogP contribution in [0.1, 0.15) is 37.3 Å². The number of benzene rings is 2. The van der Waals surface area contributed by atoms with Gasteiger partial charge >= 0.3 is 0 Å². The Kier molecular flexibility index (Phi) is 4.47. The second-order valence-corrected chi connectivity index (χ2v) is 6.85. The molecule has 2 aromatic carbocycles. The van der Waals surface area contributed by atoms with E-state index in [9.17, 15) is 4.79 Å². The van der Waals surface area contributed by atoms with E-state index in [2.05, 4.69) is 18.2 Å². The second-order valence-electron chi connectivity index (χ2n) is 6.85. The average Bonchev–Trinajstić information content (AvgIpc) is 2.68. The number of ether oxygens (including phenoxy) is 1. The van der Waals surface area contributed by atoms with Crippen LogP contribution in [0.5, 0.6) is 5.75 Å². The summed E-state index contributed by atoms with van der Waals surface area (Å²) >= 11 is 0. The first kappa shape index (κ1) is 16.8. The third-order valence-electron chi connectivity index (χ3n) is 5.08. The molecule has 0 saturated carbocycles. The van der Waals surface area contributed by atoms with Gasteiger partial charge in [-0.2, -0.15) is 5.10 Å². The predicted octanol–water partition coefficient (Wildman–Crippen LogP) is 3.46. The summed E-state index contributed by atoms with van der Waals surface area (Å²) in [6, 6.07) is 15.7. The van der Waals surface area contributed by atoms with E-state index in [1.807, 2.05) is 37.3 Å². The Bertz CT molecular complexity index is 845. The lowest BCUT2D eigenvalue weighted by atomic mass is 9.79. The van der Waals surface area contributed by atoms with Crippen molar-refractivity contribution in [2.45, 2.75) is 38.8 Å². The SMILES string of the molecule is CCC(N)Oc1ccc(N2N=C3c4ccccc4CCC3CC2=O)cc1. The van der Waals surface area contributed by atoms with Crippen molar-refractivity contribution in [3.05, 3.63) is 59.7 Å². The Morgan fingerprint density at radius 1 is 1.23 bits per heavy atom. The normalized spacial score (nSPS) is 20.1. The molecular formula is C21H23N3O2. The van der Waals surface area contributed by atoms with Gasteiger partial charge in [0.25, 0.3) is 0 Å². The van der Waals surface area contributed by atoms with E-state index in [1.165, 1.54) is 16.1 Å². The summed E-state index contributed by atoms with van der Waals surface area (Å²) in [7, 11) is 0. The number of hydrogen-bond acceptors (Lipinski definition) is 4. The van der Waals surface area contributed by atoms with Gasteiger partial charge in [-0.25, -0.2) is 5.01 Å². The van der Waals surface area contributed by atoms with E-state index in [0.717, 1.165) is 30.7 Å².